The SMILES string of the molecule is CC/C=C\C/C=C\C/C=C\C/C=C\C/C=C\C/C=C\C/C=C\C/C=C\C/C=C\CCCC(=O)OC(CO)COC(=O)CCCCCCCCCCCCC/C=C\CCCCCCCCCC. The van der Waals surface area contributed by atoms with Gasteiger partial charge in [0.15, 0.2) is 6.10 Å². The minimum atomic E-state index is -0.812. The molecule has 0 aliphatic heterocycles. The Morgan fingerprint density at radius 3 is 1.05 bits per heavy atom. The summed E-state index contributed by atoms with van der Waals surface area (Å²) >= 11 is 0. The summed E-state index contributed by atoms with van der Waals surface area (Å²) < 4.78 is 10.6. The Kier molecular flexibility index (Phi) is 52.5. The summed E-state index contributed by atoms with van der Waals surface area (Å²) in [6, 6.07) is 0. The van der Waals surface area contributed by atoms with Crippen LogP contribution in [0.25, 0.3) is 0 Å². The van der Waals surface area contributed by atoms with E-state index in [9.17, 15) is 14.7 Å². The third-order valence-corrected chi connectivity index (χ3v) is 11.2. The molecule has 0 bridgehead atoms. The predicted molar refractivity (Wildman–Crippen MR) is 288 cm³/mol. The van der Waals surface area contributed by atoms with E-state index < -0.39 is 6.10 Å². The van der Waals surface area contributed by atoms with Gasteiger partial charge in [0.05, 0.1) is 6.61 Å². The zero-order valence-electron chi connectivity index (χ0n) is 42.7. The smallest absolute Gasteiger partial charge is 0.306 e. The standard InChI is InChI=1S/C61H100O5/c1-3-5-7-9-11-13-15-17-19-21-23-25-27-28-29-30-31-32-34-36-38-40-42-44-46-48-50-52-54-56-61(64)66-59(57-62)58-65-60(63)55-53-51-49-47-45-43-41-39-37-35-33-26-24-22-20-18-16-14-12-10-8-6-4-2/h5,7,11,13,17,19,22-25,28-29,31-32,36,38,42,44,48,50,59,62H,3-4,6,8-10,12,14-16,18,20-21,26-27,30,33-35,37,39-41,43,45-47,49,51-58H2,1-2H3/b7-5-,13-11-,19-17-,24-22-,25-23-,29-28-,32-31-,38-36-,44-42-,50-48-. The quantitative estimate of drug-likeness (QED) is 0.0374. The van der Waals surface area contributed by atoms with Crippen LogP contribution in [0.1, 0.15) is 232 Å². The summed E-state index contributed by atoms with van der Waals surface area (Å²) in [7, 11) is 0. The lowest BCUT2D eigenvalue weighted by Crippen LogP contribution is -2.28. The molecule has 1 atom stereocenters. The molecular formula is C61H100O5. The second-order valence-electron chi connectivity index (χ2n) is 17.6. The molecular weight excluding hydrogens is 813 g/mol. The van der Waals surface area contributed by atoms with Crippen LogP contribution in [-0.2, 0) is 19.1 Å². The molecule has 5 heteroatoms. The Balaban J connectivity index is 3.66. The third kappa shape index (κ3) is 52.9. The van der Waals surface area contributed by atoms with E-state index in [0.717, 1.165) is 83.5 Å². The van der Waals surface area contributed by atoms with Gasteiger partial charge in [-0.25, -0.2) is 0 Å². The van der Waals surface area contributed by atoms with Crippen molar-refractivity contribution in [3.8, 4) is 0 Å². The van der Waals surface area contributed by atoms with E-state index in [1.54, 1.807) is 0 Å². The predicted octanol–water partition coefficient (Wildman–Crippen LogP) is 18.3. The molecule has 0 fully saturated rings. The molecule has 0 spiro atoms. The molecule has 0 rings (SSSR count). The van der Waals surface area contributed by atoms with Gasteiger partial charge in [0.1, 0.15) is 6.61 Å². The van der Waals surface area contributed by atoms with Gasteiger partial charge in [-0.15, -0.1) is 0 Å². The highest BCUT2D eigenvalue weighted by Gasteiger charge is 2.16. The summed E-state index contributed by atoms with van der Waals surface area (Å²) in [4.78, 5) is 24.5. The zero-order chi connectivity index (χ0) is 47.7. The largest absolute Gasteiger partial charge is 0.462 e. The summed E-state index contributed by atoms with van der Waals surface area (Å²) in [6.45, 7) is 3.98. The maximum Gasteiger partial charge on any atom is 0.306 e. The third-order valence-electron chi connectivity index (χ3n) is 11.2. The Labute approximate surface area is 407 Å². The van der Waals surface area contributed by atoms with Crippen molar-refractivity contribution in [1.29, 1.82) is 0 Å². The first-order chi connectivity index (χ1) is 32.6. The molecule has 0 aromatic carbocycles. The van der Waals surface area contributed by atoms with Crippen molar-refractivity contribution < 1.29 is 24.2 Å². The van der Waals surface area contributed by atoms with E-state index in [1.165, 1.54) is 116 Å². The summed E-state index contributed by atoms with van der Waals surface area (Å²) in [6.07, 6.45) is 81.6. The van der Waals surface area contributed by atoms with Crippen molar-refractivity contribution in [1.82, 2.24) is 0 Å². The monoisotopic (exact) mass is 913 g/mol. The van der Waals surface area contributed by atoms with Gasteiger partial charge in [0.25, 0.3) is 0 Å². The first-order valence-corrected chi connectivity index (χ1v) is 27.1. The van der Waals surface area contributed by atoms with Crippen LogP contribution in [0.2, 0.25) is 0 Å². The number of unbranched alkanes of at least 4 members (excludes halogenated alkanes) is 20. The van der Waals surface area contributed by atoms with Crippen molar-refractivity contribution in [2.24, 2.45) is 0 Å². The first-order valence-electron chi connectivity index (χ1n) is 27.1. The molecule has 0 aliphatic rings. The second-order valence-corrected chi connectivity index (χ2v) is 17.6. The van der Waals surface area contributed by atoms with Crippen LogP contribution in [0.4, 0.5) is 0 Å². The van der Waals surface area contributed by atoms with Crippen molar-refractivity contribution >= 4 is 11.9 Å². The topological polar surface area (TPSA) is 72.8 Å². The molecule has 0 radical (unpaired) electrons. The highest BCUT2D eigenvalue weighted by atomic mass is 16.6. The van der Waals surface area contributed by atoms with Crippen LogP contribution in [-0.4, -0.2) is 36.4 Å². The molecule has 1 N–H and O–H groups in total. The van der Waals surface area contributed by atoms with Gasteiger partial charge in [0, 0.05) is 12.8 Å². The van der Waals surface area contributed by atoms with Crippen LogP contribution >= 0.6 is 0 Å². The van der Waals surface area contributed by atoms with E-state index >= 15 is 0 Å². The normalized spacial score (nSPS) is 13.2. The molecule has 1 unspecified atom stereocenters. The fourth-order valence-electron chi connectivity index (χ4n) is 7.20. The lowest BCUT2D eigenvalue weighted by Gasteiger charge is -2.15. The number of allylic oxidation sites excluding steroid dienone is 20. The molecule has 0 aromatic rings. The summed E-state index contributed by atoms with van der Waals surface area (Å²) in [5.74, 6) is -0.666. The van der Waals surface area contributed by atoms with Gasteiger partial charge in [-0.3, -0.25) is 9.59 Å². The number of ether oxygens (including phenoxy) is 2. The number of aliphatic hydroxyl groups excluding tert-OH is 1. The number of carbonyl (C=O) groups excluding carboxylic acids is 2. The number of hydrogen-bond donors (Lipinski definition) is 1. The van der Waals surface area contributed by atoms with E-state index in [2.05, 4.69) is 135 Å². The number of rotatable bonds is 48. The Morgan fingerprint density at radius 2 is 0.667 bits per heavy atom. The van der Waals surface area contributed by atoms with Gasteiger partial charge >= 0.3 is 11.9 Å². The van der Waals surface area contributed by atoms with E-state index in [-0.39, 0.29) is 31.6 Å². The van der Waals surface area contributed by atoms with Crippen LogP contribution < -0.4 is 0 Å². The molecule has 0 aromatic heterocycles. The lowest BCUT2D eigenvalue weighted by molar-refractivity contribution is -0.161. The van der Waals surface area contributed by atoms with Crippen molar-refractivity contribution in [3.63, 3.8) is 0 Å². The first kappa shape index (κ1) is 62.3. The molecule has 0 heterocycles. The maximum absolute atomic E-state index is 12.3. The van der Waals surface area contributed by atoms with Crippen molar-refractivity contribution in [2.45, 2.75) is 238 Å². The van der Waals surface area contributed by atoms with Crippen LogP contribution in [0.3, 0.4) is 0 Å². The average molecular weight is 913 g/mol. The van der Waals surface area contributed by atoms with Gasteiger partial charge in [-0.2, -0.15) is 0 Å². The molecule has 0 saturated carbocycles. The number of aliphatic hydroxyl groups is 1. The Bertz CT molecular complexity index is 1350. The minimum absolute atomic E-state index is 0.0962. The summed E-state index contributed by atoms with van der Waals surface area (Å²) in [5, 5.41) is 9.63. The van der Waals surface area contributed by atoms with Crippen molar-refractivity contribution in [2.75, 3.05) is 13.2 Å². The summed E-state index contributed by atoms with van der Waals surface area (Å²) in [5.41, 5.74) is 0. The van der Waals surface area contributed by atoms with Gasteiger partial charge in [-0.1, -0.05) is 238 Å². The Hall–Kier alpha value is -3.70. The molecule has 0 amide bonds. The van der Waals surface area contributed by atoms with Crippen molar-refractivity contribution in [3.05, 3.63) is 122 Å². The molecule has 0 aliphatic carbocycles. The number of carbonyl (C=O) groups is 2. The molecule has 5 nitrogen and oxygen atoms in total. The maximum atomic E-state index is 12.3. The minimum Gasteiger partial charge on any atom is -0.462 e. The zero-order valence-corrected chi connectivity index (χ0v) is 42.7. The van der Waals surface area contributed by atoms with Gasteiger partial charge < -0.3 is 14.6 Å². The highest BCUT2D eigenvalue weighted by Crippen LogP contribution is 2.14. The second kappa shape index (κ2) is 55.6. The molecule has 0 saturated heterocycles. The van der Waals surface area contributed by atoms with E-state index in [1.807, 2.05) is 0 Å². The van der Waals surface area contributed by atoms with Gasteiger partial charge in [0.2, 0.25) is 0 Å². The fraction of sp³-hybridized carbons (Fsp3) is 0.639. The number of hydrogen-bond acceptors (Lipinski definition) is 5. The lowest BCUT2D eigenvalue weighted by atomic mass is 10.0. The van der Waals surface area contributed by atoms with Crippen LogP contribution in [0, 0.1) is 0 Å². The Morgan fingerprint density at radius 1 is 0.364 bits per heavy atom. The van der Waals surface area contributed by atoms with Crippen LogP contribution in [0.15, 0.2) is 122 Å². The fourth-order valence-corrected chi connectivity index (χ4v) is 7.20. The highest BCUT2D eigenvalue weighted by molar-refractivity contribution is 5.70. The molecule has 374 valence electrons. The molecule has 66 heavy (non-hydrogen) atoms. The van der Waals surface area contributed by atoms with Crippen LogP contribution in [0.5, 0.6) is 0 Å². The number of esters is 2. The average Bonchev–Trinajstić information content (AvgIpc) is 3.32. The van der Waals surface area contributed by atoms with E-state index in [4.69, 9.17) is 9.47 Å². The van der Waals surface area contributed by atoms with Gasteiger partial charge in [-0.05, 0) is 103 Å². The van der Waals surface area contributed by atoms with E-state index in [0.29, 0.717) is 12.8 Å².